The molecule has 0 unspecified atom stereocenters. The molecule has 0 atom stereocenters. The van der Waals surface area contributed by atoms with Crippen molar-refractivity contribution < 1.29 is 14.1 Å². The number of halogens is 1. The molecule has 144 valence electrons. The van der Waals surface area contributed by atoms with Crippen LogP contribution in [-0.2, 0) is 10.2 Å². The second kappa shape index (κ2) is 7.52. The molecule has 2 aromatic carbocycles. The van der Waals surface area contributed by atoms with E-state index in [1.54, 1.807) is 18.3 Å². The van der Waals surface area contributed by atoms with Crippen molar-refractivity contribution in [3.63, 3.8) is 0 Å². The summed E-state index contributed by atoms with van der Waals surface area (Å²) in [4.78, 5) is 14.9. The maximum Gasteiger partial charge on any atom is 0.278 e. The van der Waals surface area contributed by atoms with Crippen molar-refractivity contribution in [1.82, 2.24) is 4.98 Å². The van der Waals surface area contributed by atoms with Gasteiger partial charge in [-0.05, 0) is 42.7 Å². The molecule has 1 saturated heterocycles. The van der Waals surface area contributed by atoms with Crippen molar-refractivity contribution in [3.05, 3.63) is 76.4 Å². The van der Waals surface area contributed by atoms with Crippen LogP contribution in [0.5, 0.6) is 0 Å². The molecule has 0 spiro atoms. The van der Waals surface area contributed by atoms with E-state index >= 15 is 0 Å². The monoisotopic (exact) mass is 381 g/mol. The molecule has 0 saturated carbocycles. The van der Waals surface area contributed by atoms with Crippen LogP contribution < -0.4 is 5.32 Å². The number of aromatic nitrogens is 1. The first-order valence-electron chi connectivity index (χ1n) is 9.18. The summed E-state index contributed by atoms with van der Waals surface area (Å²) in [5, 5.41) is 16.0. The predicted molar refractivity (Wildman–Crippen MR) is 105 cm³/mol. The normalized spacial score (nSPS) is 16.0. The van der Waals surface area contributed by atoms with E-state index in [1.165, 1.54) is 24.4 Å². The summed E-state index contributed by atoms with van der Waals surface area (Å²) in [5.41, 5.74) is 1.73. The number of nitro groups is 1. The predicted octanol–water partition coefficient (Wildman–Crippen LogP) is 4.44. The number of benzene rings is 2. The molecule has 0 radical (unpaired) electrons. The van der Waals surface area contributed by atoms with E-state index in [9.17, 15) is 14.5 Å². The first-order chi connectivity index (χ1) is 13.6. The molecule has 0 amide bonds. The molecule has 7 heteroatoms. The van der Waals surface area contributed by atoms with Gasteiger partial charge in [0.1, 0.15) is 5.82 Å². The topological polar surface area (TPSA) is 77.3 Å². The van der Waals surface area contributed by atoms with Gasteiger partial charge in [0.15, 0.2) is 0 Å². The molecule has 1 fully saturated rings. The van der Waals surface area contributed by atoms with Crippen molar-refractivity contribution in [2.24, 2.45) is 0 Å². The number of anilines is 1. The fraction of sp³-hybridized carbons (Fsp3) is 0.286. The van der Waals surface area contributed by atoms with E-state index in [1.807, 2.05) is 12.1 Å². The van der Waals surface area contributed by atoms with Gasteiger partial charge in [0.25, 0.3) is 5.69 Å². The highest BCUT2D eigenvalue weighted by atomic mass is 19.1. The molecule has 1 N–H and O–H groups in total. The third-order valence-electron chi connectivity index (χ3n) is 5.52. The first-order valence-corrected chi connectivity index (χ1v) is 9.18. The molecule has 2 heterocycles. The molecule has 3 aromatic rings. The lowest BCUT2D eigenvalue weighted by molar-refractivity contribution is -0.383. The van der Waals surface area contributed by atoms with Gasteiger partial charge < -0.3 is 10.1 Å². The Morgan fingerprint density at radius 1 is 1.11 bits per heavy atom. The molecule has 1 aliphatic rings. The standard InChI is InChI=1S/C21H20FN3O3/c22-16-3-1-15(2-4-16)21(8-11-28-12-9-21)14-24-19-5-6-20(25(26)27)18-13-23-10-7-17(18)19/h1-7,10,13,24H,8-9,11-12,14H2. The van der Waals surface area contributed by atoms with Crippen molar-refractivity contribution >= 4 is 22.1 Å². The summed E-state index contributed by atoms with van der Waals surface area (Å²) < 4.78 is 19.0. The van der Waals surface area contributed by atoms with E-state index in [4.69, 9.17) is 4.74 Å². The number of nitrogens with zero attached hydrogens (tertiary/aromatic N) is 2. The Hall–Kier alpha value is -3.06. The van der Waals surface area contributed by atoms with E-state index < -0.39 is 4.92 Å². The van der Waals surface area contributed by atoms with Gasteiger partial charge in [0, 0.05) is 54.7 Å². The van der Waals surface area contributed by atoms with Crippen LogP contribution in [-0.4, -0.2) is 29.7 Å². The fourth-order valence-corrected chi connectivity index (χ4v) is 3.89. The highest BCUT2D eigenvalue weighted by molar-refractivity contribution is 5.99. The minimum absolute atomic E-state index is 0.0352. The first kappa shape index (κ1) is 18.3. The SMILES string of the molecule is O=[N+]([O-])c1ccc(NCC2(c3ccc(F)cc3)CCOCC2)c2ccncc12. The van der Waals surface area contributed by atoms with E-state index in [2.05, 4.69) is 10.3 Å². The van der Waals surface area contributed by atoms with Gasteiger partial charge >= 0.3 is 0 Å². The molecule has 0 bridgehead atoms. The van der Waals surface area contributed by atoms with E-state index in [-0.39, 0.29) is 16.9 Å². The molecule has 1 aliphatic heterocycles. The molecule has 28 heavy (non-hydrogen) atoms. The van der Waals surface area contributed by atoms with Gasteiger partial charge in [-0.3, -0.25) is 15.1 Å². The molecule has 1 aromatic heterocycles. The lowest BCUT2D eigenvalue weighted by Gasteiger charge is -2.38. The average molecular weight is 381 g/mol. The average Bonchev–Trinajstić information content (AvgIpc) is 2.73. The maximum absolute atomic E-state index is 13.4. The summed E-state index contributed by atoms with van der Waals surface area (Å²) in [5.74, 6) is -0.257. The summed E-state index contributed by atoms with van der Waals surface area (Å²) in [7, 11) is 0. The summed E-state index contributed by atoms with van der Waals surface area (Å²) in [6, 6.07) is 11.7. The van der Waals surface area contributed by atoms with Crippen LogP contribution in [0.25, 0.3) is 10.8 Å². The minimum Gasteiger partial charge on any atom is -0.384 e. The lowest BCUT2D eigenvalue weighted by atomic mass is 9.74. The van der Waals surface area contributed by atoms with Gasteiger partial charge in [-0.15, -0.1) is 0 Å². The van der Waals surface area contributed by atoms with Crippen LogP contribution in [0.3, 0.4) is 0 Å². The third-order valence-corrected chi connectivity index (χ3v) is 5.52. The van der Waals surface area contributed by atoms with E-state index in [0.717, 1.165) is 29.5 Å². The molecular formula is C21H20FN3O3. The summed E-state index contributed by atoms with van der Waals surface area (Å²) in [6.07, 6.45) is 4.78. The molecule has 0 aliphatic carbocycles. The Kier molecular flexibility index (Phi) is 4.92. The van der Waals surface area contributed by atoms with Crippen LogP contribution >= 0.6 is 0 Å². The zero-order valence-electron chi connectivity index (χ0n) is 15.2. The summed E-state index contributed by atoms with van der Waals surface area (Å²) in [6.45, 7) is 1.91. The number of pyridine rings is 1. The maximum atomic E-state index is 13.4. The van der Waals surface area contributed by atoms with Crippen LogP contribution in [0.2, 0.25) is 0 Å². The fourth-order valence-electron chi connectivity index (χ4n) is 3.89. The second-order valence-corrected chi connectivity index (χ2v) is 7.06. The van der Waals surface area contributed by atoms with Crippen LogP contribution in [0.1, 0.15) is 18.4 Å². The van der Waals surface area contributed by atoms with Crippen molar-refractivity contribution in [3.8, 4) is 0 Å². The lowest BCUT2D eigenvalue weighted by Crippen LogP contribution is -2.40. The third kappa shape index (κ3) is 3.41. The van der Waals surface area contributed by atoms with Crippen LogP contribution in [0.15, 0.2) is 54.9 Å². The number of nitro benzene ring substituents is 1. The van der Waals surface area contributed by atoms with Crippen molar-refractivity contribution in [1.29, 1.82) is 0 Å². The Balaban J connectivity index is 1.67. The van der Waals surface area contributed by atoms with Crippen LogP contribution in [0.4, 0.5) is 15.8 Å². The Morgan fingerprint density at radius 2 is 1.86 bits per heavy atom. The Morgan fingerprint density at radius 3 is 2.57 bits per heavy atom. The second-order valence-electron chi connectivity index (χ2n) is 7.06. The zero-order valence-corrected chi connectivity index (χ0v) is 15.2. The minimum atomic E-state index is -0.397. The van der Waals surface area contributed by atoms with E-state index in [0.29, 0.717) is 25.1 Å². The highest BCUT2D eigenvalue weighted by Crippen LogP contribution is 2.37. The number of nitrogens with one attached hydrogen (secondary N) is 1. The molecular weight excluding hydrogens is 361 g/mol. The van der Waals surface area contributed by atoms with Crippen molar-refractivity contribution in [2.45, 2.75) is 18.3 Å². The van der Waals surface area contributed by atoms with Crippen LogP contribution in [0, 0.1) is 15.9 Å². The number of ether oxygens (including phenoxy) is 1. The number of hydrogen-bond acceptors (Lipinski definition) is 5. The number of rotatable bonds is 5. The smallest absolute Gasteiger partial charge is 0.278 e. The quantitative estimate of drug-likeness (QED) is 0.522. The van der Waals surface area contributed by atoms with Crippen molar-refractivity contribution in [2.75, 3.05) is 25.1 Å². The van der Waals surface area contributed by atoms with Gasteiger partial charge in [0.2, 0.25) is 0 Å². The van der Waals surface area contributed by atoms with Gasteiger partial charge in [-0.25, -0.2) is 4.39 Å². The number of hydrogen-bond donors (Lipinski definition) is 1. The molecule has 4 rings (SSSR count). The number of non-ortho nitro benzene ring substituents is 1. The molecule has 6 nitrogen and oxygen atoms in total. The van der Waals surface area contributed by atoms with Gasteiger partial charge in [-0.1, -0.05) is 12.1 Å². The highest BCUT2D eigenvalue weighted by Gasteiger charge is 2.34. The zero-order chi connectivity index (χ0) is 19.6. The largest absolute Gasteiger partial charge is 0.384 e. The Bertz CT molecular complexity index is 1000. The Labute approximate surface area is 161 Å². The van der Waals surface area contributed by atoms with Gasteiger partial charge in [-0.2, -0.15) is 0 Å². The van der Waals surface area contributed by atoms with Gasteiger partial charge in [0.05, 0.1) is 10.3 Å². The summed E-state index contributed by atoms with van der Waals surface area (Å²) >= 11 is 0. The number of fused-ring (bicyclic) bond motifs is 1.